The first-order valence-corrected chi connectivity index (χ1v) is 19.8. The van der Waals surface area contributed by atoms with E-state index in [0.29, 0.717) is 21.6 Å². The molecule has 0 radical (unpaired) electrons. The molecule has 0 spiro atoms. The zero-order valence-corrected chi connectivity index (χ0v) is 30.9. The molecule has 2 aromatic heterocycles. The molecule has 294 valence electrons. The number of carbonyl (C=O) groups excluding carboxylic acids is 1. The van der Waals surface area contributed by atoms with Crippen LogP contribution in [0.5, 0.6) is 0 Å². The quantitative estimate of drug-likeness (QED) is 0.0591. The zero-order chi connectivity index (χ0) is 40.3. The zero-order valence-electron chi connectivity index (χ0n) is 28.2. The van der Waals surface area contributed by atoms with Gasteiger partial charge in [0.25, 0.3) is 11.5 Å². The van der Waals surface area contributed by atoms with Gasteiger partial charge in [0, 0.05) is 37.1 Å². The predicted molar refractivity (Wildman–Crippen MR) is 185 cm³/mol. The fraction of sp³-hybridized carbons (Fsp3) is 0.286. The molecule has 1 aliphatic rings. The second kappa shape index (κ2) is 16.6. The first-order chi connectivity index (χ1) is 25.7. The molecule has 0 bridgehead atoms. The van der Waals surface area contributed by atoms with Crippen LogP contribution in [0, 0.1) is 11.8 Å². The van der Waals surface area contributed by atoms with Crippen LogP contribution in [-0.4, -0.2) is 111 Å². The summed E-state index contributed by atoms with van der Waals surface area (Å²) in [6.45, 7) is -1.40. The summed E-state index contributed by atoms with van der Waals surface area (Å²) >= 11 is 0. The molecule has 4 aromatic rings. The average molecular weight is 829 g/mol. The minimum absolute atomic E-state index is 0.258. The summed E-state index contributed by atoms with van der Waals surface area (Å²) in [5.74, 6) is 4.81. The van der Waals surface area contributed by atoms with Crippen LogP contribution >= 0.6 is 23.5 Å². The van der Waals surface area contributed by atoms with Crippen molar-refractivity contribution in [3.63, 3.8) is 0 Å². The van der Waals surface area contributed by atoms with Gasteiger partial charge in [-0.1, -0.05) is 24.0 Å². The predicted octanol–water partition coefficient (Wildman–Crippen LogP) is -1.01. The Morgan fingerprint density at radius 3 is 2.29 bits per heavy atom. The summed E-state index contributed by atoms with van der Waals surface area (Å²) in [4.78, 5) is 79.1. The van der Waals surface area contributed by atoms with Gasteiger partial charge in [-0.3, -0.25) is 23.7 Å². The van der Waals surface area contributed by atoms with Crippen molar-refractivity contribution in [3.05, 3.63) is 86.7 Å². The second-order valence-electron chi connectivity index (χ2n) is 11.5. The third-order valence-electron chi connectivity index (χ3n) is 7.37. The molecule has 24 nitrogen and oxygen atoms in total. The molecule has 0 aliphatic carbocycles. The van der Waals surface area contributed by atoms with E-state index in [4.69, 9.17) is 14.5 Å². The highest BCUT2D eigenvalue weighted by Gasteiger charge is 2.47. The molecule has 0 saturated carbocycles. The third kappa shape index (κ3) is 10.8. The minimum atomic E-state index is -5.83. The fourth-order valence-electron chi connectivity index (χ4n) is 4.79. The Kier molecular flexibility index (Phi) is 12.5. The molecule has 6 atom stereocenters. The van der Waals surface area contributed by atoms with Crippen LogP contribution in [0.4, 0.5) is 5.69 Å². The highest BCUT2D eigenvalue weighted by molar-refractivity contribution is 7.66. The molecule has 1 saturated heterocycles. The van der Waals surface area contributed by atoms with Crippen molar-refractivity contribution in [2.45, 2.75) is 24.5 Å². The molecule has 1 amide bonds. The number of phosphoric ester groups is 1. The van der Waals surface area contributed by atoms with Crippen molar-refractivity contribution < 1.29 is 66.2 Å². The lowest BCUT2D eigenvalue weighted by Gasteiger charge is -2.19. The Balaban J connectivity index is 1.18. The molecule has 5 rings (SSSR count). The third-order valence-corrected chi connectivity index (χ3v) is 11.2. The molecule has 2 aromatic carbocycles. The number of amides is 1. The molecule has 55 heavy (non-hydrogen) atoms. The topological polar surface area (TPSA) is 340 Å². The number of phosphoric acid groups is 3. The lowest BCUT2D eigenvalue weighted by atomic mass is 10.1. The van der Waals surface area contributed by atoms with Crippen molar-refractivity contribution in [2.24, 2.45) is 0 Å². The Labute approximate surface area is 308 Å². The van der Waals surface area contributed by atoms with Crippen molar-refractivity contribution in [2.75, 3.05) is 32.1 Å². The summed E-state index contributed by atoms with van der Waals surface area (Å²) in [6, 6.07) is 13.8. The van der Waals surface area contributed by atoms with Gasteiger partial charge in [0.1, 0.15) is 23.9 Å². The van der Waals surface area contributed by atoms with E-state index in [-0.39, 0.29) is 17.7 Å². The Morgan fingerprint density at radius 2 is 1.65 bits per heavy atom. The largest absolute Gasteiger partial charge is 0.490 e. The van der Waals surface area contributed by atoms with E-state index in [1.165, 1.54) is 16.9 Å². The van der Waals surface area contributed by atoms with Gasteiger partial charge in [0.05, 0.1) is 18.8 Å². The number of hydrogen-bond acceptors (Lipinski definition) is 16. The fourth-order valence-corrected chi connectivity index (χ4v) is 7.82. The van der Waals surface area contributed by atoms with Gasteiger partial charge in [-0.25, -0.2) is 18.5 Å². The van der Waals surface area contributed by atoms with Crippen molar-refractivity contribution in [1.82, 2.24) is 35.1 Å². The van der Waals surface area contributed by atoms with E-state index in [0.717, 1.165) is 11.9 Å². The normalized spacial score (nSPS) is 20.5. The molecular formula is C28H31N8O16P3. The number of benzene rings is 2. The van der Waals surface area contributed by atoms with E-state index in [9.17, 15) is 48.1 Å². The van der Waals surface area contributed by atoms with Crippen molar-refractivity contribution in [3.8, 4) is 28.9 Å². The number of rotatable bonds is 13. The van der Waals surface area contributed by atoms with Crippen LogP contribution in [0.15, 0.2) is 64.3 Å². The van der Waals surface area contributed by atoms with Crippen LogP contribution in [0.25, 0.3) is 17.1 Å². The van der Waals surface area contributed by atoms with Gasteiger partial charge in [-0.15, -0.1) is 15.0 Å². The van der Waals surface area contributed by atoms with Gasteiger partial charge in [-0.2, -0.15) is 8.62 Å². The lowest BCUT2D eigenvalue weighted by molar-refractivity contribution is -0.0542. The van der Waals surface area contributed by atoms with Gasteiger partial charge in [-0.05, 0) is 41.6 Å². The lowest BCUT2D eigenvalue weighted by Crippen LogP contribution is -2.38. The number of aromatic amines is 1. The number of aliphatic hydroxyl groups excluding tert-OH is 2. The standard InChI is InChI=1S/C28H31N8O16P3/c1-34(2)19-9-11-20(12-10-19)36-32-24(31-33-36)16-5-7-17(8-6-16)25(39)29-13-3-4-18-14-35(28(41)30-26(18)40)27-23(38)22(37)21(50-27)15-49-54(45,46)52-55(47,48)51-53(42,43)44/h5-12,14,21-23,27,37-38H,13,15H2,1-2H3,(H,29,39)(H,45,46)(H,47,48)(H,30,40,41)(H2,42,43,44)/t21-,22-,23-,27-/m1/s1. The summed E-state index contributed by atoms with van der Waals surface area (Å²) < 4.78 is 51.9. The van der Waals surface area contributed by atoms with E-state index >= 15 is 0 Å². The van der Waals surface area contributed by atoms with E-state index in [2.05, 4.69) is 45.7 Å². The molecule has 8 N–H and O–H groups in total. The van der Waals surface area contributed by atoms with Crippen LogP contribution in [0.3, 0.4) is 0 Å². The number of anilines is 1. The van der Waals surface area contributed by atoms with E-state index < -0.39 is 71.8 Å². The Hall–Kier alpha value is -4.69. The molecule has 2 unspecified atom stereocenters. The number of hydrogen-bond donors (Lipinski definition) is 8. The summed E-state index contributed by atoms with van der Waals surface area (Å²) in [5, 5.41) is 36.0. The maximum atomic E-state index is 12.7. The molecule has 1 fully saturated rings. The number of H-pyrrole nitrogens is 1. The van der Waals surface area contributed by atoms with Crippen LogP contribution < -0.4 is 21.5 Å². The number of tetrazole rings is 1. The number of aliphatic hydroxyl groups is 2. The van der Waals surface area contributed by atoms with Gasteiger partial charge in [0.2, 0.25) is 5.82 Å². The maximum absolute atomic E-state index is 12.7. The first kappa shape index (κ1) is 41.5. The Morgan fingerprint density at radius 1 is 0.982 bits per heavy atom. The first-order valence-electron chi connectivity index (χ1n) is 15.3. The summed E-state index contributed by atoms with van der Waals surface area (Å²) in [6.07, 6.45) is -6.42. The number of ether oxygens (including phenoxy) is 1. The van der Waals surface area contributed by atoms with Crippen LogP contribution in [-0.2, 0) is 31.6 Å². The number of carbonyl (C=O) groups is 1. The molecule has 1 aliphatic heterocycles. The molecule has 3 heterocycles. The van der Waals surface area contributed by atoms with Gasteiger partial charge >= 0.3 is 29.2 Å². The number of nitrogens with one attached hydrogen (secondary N) is 2. The highest BCUT2D eigenvalue weighted by atomic mass is 31.3. The van der Waals surface area contributed by atoms with E-state index in [1.807, 2.05) is 48.2 Å². The van der Waals surface area contributed by atoms with Crippen LogP contribution in [0.1, 0.15) is 22.1 Å². The van der Waals surface area contributed by atoms with Crippen LogP contribution in [0.2, 0.25) is 0 Å². The Bertz CT molecular complexity index is 2370. The van der Waals surface area contributed by atoms with Crippen molar-refractivity contribution in [1.29, 1.82) is 0 Å². The number of nitrogens with zero attached hydrogens (tertiary/aromatic N) is 6. The molecule has 27 heteroatoms. The van der Waals surface area contributed by atoms with E-state index in [1.54, 1.807) is 12.1 Å². The highest BCUT2D eigenvalue weighted by Crippen LogP contribution is 2.66. The van der Waals surface area contributed by atoms with Gasteiger partial charge < -0.3 is 44.7 Å². The SMILES string of the molecule is CN(C)c1ccc(-n2nnc(-c3ccc(C(=O)NCC#Cc4cn([C@@H]5O[C@H](COP(=O)(O)OP(=O)(O)OP(=O)(O)O)[C@@H](O)[C@H]5O)c(=O)[nH]c4=O)cc3)n2)cc1. The summed E-state index contributed by atoms with van der Waals surface area (Å²) in [5.41, 5.74) is 0.133. The monoisotopic (exact) mass is 828 g/mol. The second-order valence-corrected chi connectivity index (χ2v) is 15.9. The smallest absolute Gasteiger partial charge is 0.387 e. The average Bonchev–Trinajstić information content (AvgIpc) is 3.70. The maximum Gasteiger partial charge on any atom is 0.490 e. The number of aromatic nitrogens is 6. The molecular weight excluding hydrogens is 797 g/mol. The minimum Gasteiger partial charge on any atom is -0.387 e. The van der Waals surface area contributed by atoms with Gasteiger partial charge in [0.15, 0.2) is 6.23 Å². The van der Waals surface area contributed by atoms with Crippen molar-refractivity contribution >= 4 is 35.1 Å². The summed E-state index contributed by atoms with van der Waals surface area (Å²) in [7, 11) is -13.2.